The van der Waals surface area contributed by atoms with Crippen molar-refractivity contribution >= 4 is 33.6 Å². The van der Waals surface area contributed by atoms with Gasteiger partial charge in [0.05, 0.1) is 19.0 Å². The normalized spacial score (nSPS) is 15.7. The minimum Gasteiger partial charge on any atom is -0.465 e. The number of methoxy groups -OCH3 is 1. The van der Waals surface area contributed by atoms with Crippen molar-refractivity contribution in [2.24, 2.45) is 0 Å². The molecule has 0 saturated carbocycles. The largest absolute Gasteiger partial charge is 0.465 e. The predicted octanol–water partition coefficient (Wildman–Crippen LogP) is 2.91. The fourth-order valence-corrected chi connectivity index (χ4v) is 4.91. The maximum absolute atomic E-state index is 12.6. The minimum atomic E-state index is -0.432. The van der Waals surface area contributed by atoms with Crippen molar-refractivity contribution < 1.29 is 9.53 Å². The van der Waals surface area contributed by atoms with Crippen LogP contribution in [0.4, 0.5) is 0 Å². The van der Waals surface area contributed by atoms with Crippen molar-refractivity contribution in [3.63, 3.8) is 0 Å². The summed E-state index contributed by atoms with van der Waals surface area (Å²) in [6.45, 7) is 7.03. The summed E-state index contributed by atoms with van der Waals surface area (Å²) in [4.78, 5) is 37.8. The van der Waals surface area contributed by atoms with E-state index in [1.807, 2.05) is 18.2 Å². The molecule has 1 aromatic carbocycles. The quantitative estimate of drug-likeness (QED) is 0.597. The molecular weight excluding hydrogens is 412 g/mol. The molecule has 0 bridgehead atoms. The third-order valence-electron chi connectivity index (χ3n) is 5.53. The summed E-state index contributed by atoms with van der Waals surface area (Å²) < 4.78 is 4.82. The topological polar surface area (TPSA) is 78.5 Å². The van der Waals surface area contributed by atoms with Crippen LogP contribution in [0.2, 0.25) is 0 Å². The summed E-state index contributed by atoms with van der Waals surface area (Å²) in [5.41, 5.74) is 1.64. The van der Waals surface area contributed by atoms with E-state index >= 15 is 0 Å². The zero-order valence-electron chi connectivity index (χ0n) is 17.8. The van der Waals surface area contributed by atoms with E-state index < -0.39 is 5.97 Å². The fraction of sp³-hybridized carbons (Fsp3) is 0.348. The van der Waals surface area contributed by atoms with Gasteiger partial charge in [-0.05, 0) is 18.1 Å². The molecule has 1 fully saturated rings. The number of aromatic nitrogens is 2. The molecule has 1 aliphatic heterocycles. The number of carbonyl (C=O) groups excluding carboxylic acids is 1. The summed E-state index contributed by atoms with van der Waals surface area (Å²) in [7, 11) is 1.34. The van der Waals surface area contributed by atoms with Crippen molar-refractivity contribution in [2.75, 3.05) is 39.8 Å². The minimum absolute atomic E-state index is 0.200. The Morgan fingerprint density at radius 1 is 1.19 bits per heavy atom. The Balaban J connectivity index is 1.36. The summed E-state index contributed by atoms with van der Waals surface area (Å²) >= 11 is 1.21. The molecule has 1 saturated heterocycles. The Hall–Kier alpha value is -2.81. The van der Waals surface area contributed by atoms with Crippen LogP contribution in [-0.4, -0.2) is 65.6 Å². The van der Waals surface area contributed by atoms with Gasteiger partial charge in [0.15, 0.2) is 0 Å². The maximum atomic E-state index is 12.6. The molecular formula is C23H26N4O3S. The molecule has 0 spiro atoms. The first-order valence-electron chi connectivity index (χ1n) is 10.3. The number of carbonyl (C=O) groups is 1. The first-order valence-corrected chi connectivity index (χ1v) is 11.1. The second-order valence-electron chi connectivity index (χ2n) is 7.63. The van der Waals surface area contributed by atoms with Crippen molar-refractivity contribution in [2.45, 2.75) is 13.5 Å². The highest BCUT2D eigenvalue weighted by atomic mass is 32.1. The Morgan fingerprint density at radius 3 is 2.61 bits per heavy atom. The van der Waals surface area contributed by atoms with Gasteiger partial charge in [0.1, 0.15) is 15.5 Å². The second-order valence-corrected chi connectivity index (χ2v) is 8.63. The molecule has 2 aromatic heterocycles. The monoisotopic (exact) mass is 438 g/mol. The third-order valence-corrected chi connectivity index (χ3v) is 6.70. The number of fused-ring (bicyclic) bond motifs is 1. The number of rotatable bonds is 6. The summed E-state index contributed by atoms with van der Waals surface area (Å²) in [5.74, 6) is 0.200. The zero-order valence-corrected chi connectivity index (χ0v) is 18.6. The predicted molar refractivity (Wildman–Crippen MR) is 124 cm³/mol. The summed E-state index contributed by atoms with van der Waals surface area (Å²) in [6, 6.07) is 10.3. The van der Waals surface area contributed by atoms with Gasteiger partial charge in [0.2, 0.25) is 0 Å². The molecule has 0 aliphatic carbocycles. The summed E-state index contributed by atoms with van der Waals surface area (Å²) in [6.07, 6.45) is 4.36. The van der Waals surface area contributed by atoms with E-state index in [0.29, 0.717) is 33.0 Å². The molecule has 1 aliphatic rings. The van der Waals surface area contributed by atoms with Crippen LogP contribution in [0.15, 0.2) is 41.2 Å². The number of hydrogen-bond acceptors (Lipinski definition) is 7. The Morgan fingerprint density at radius 2 is 1.90 bits per heavy atom. The number of benzene rings is 1. The number of aryl methyl sites for hydroxylation is 1. The van der Waals surface area contributed by atoms with Gasteiger partial charge in [-0.2, -0.15) is 0 Å². The van der Waals surface area contributed by atoms with Gasteiger partial charge in [0, 0.05) is 32.7 Å². The number of aromatic amines is 1. The number of esters is 1. The SMILES string of the molecule is COC(=O)c1sc2nc(CN3CCN(C/C=C/c4ccccc4)CC3)[nH]c(=O)c2c1C. The maximum Gasteiger partial charge on any atom is 0.348 e. The molecule has 0 amide bonds. The zero-order chi connectivity index (χ0) is 21.8. The molecule has 0 unspecified atom stereocenters. The Bertz CT molecular complexity index is 1140. The van der Waals surface area contributed by atoms with Crippen LogP contribution in [0.3, 0.4) is 0 Å². The van der Waals surface area contributed by atoms with Gasteiger partial charge in [0.25, 0.3) is 5.56 Å². The van der Waals surface area contributed by atoms with E-state index in [0.717, 1.165) is 32.7 Å². The van der Waals surface area contributed by atoms with E-state index in [9.17, 15) is 9.59 Å². The van der Waals surface area contributed by atoms with Crippen LogP contribution >= 0.6 is 11.3 Å². The Kier molecular flexibility index (Phi) is 6.60. The van der Waals surface area contributed by atoms with Crippen LogP contribution in [0.5, 0.6) is 0 Å². The molecule has 162 valence electrons. The first kappa shape index (κ1) is 21.4. The van der Waals surface area contributed by atoms with Crippen molar-refractivity contribution in [3.05, 3.63) is 68.6 Å². The van der Waals surface area contributed by atoms with Crippen LogP contribution < -0.4 is 5.56 Å². The van der Waals surface area contributed by atoms with Crippen LogP contribution in [-0.2, 0) is 11.3 Å². The molecule has 4 rings (SSSR count). The molecule has 1 N–H and O–H groups in total. The van der Waals surface area contributed by atoms with Crippen LogP contribution in [0.1, 0.15) is 26.6 Å². The number of piperazine rings is 1. The van der Waals surface area contributed by atoms with Crippen LogP contribution in [0, 0.1) is 6.92 Å². The number of ether oxygens (including phenoxy) is 1. The molecule has 7 nitrogen and oxygen atoms in total. The van der Waals surface area contributed by atoms with Crippen molar-refractivity contribution in [3.8, 4) is 0 Å². The lowest BCUT2D eigenvalue weighted by Crippen LogP contribution is -2.46. The number of nitrogens with zero attached hydrogens (tertiary/aromatic N) is 3. The molecule has 8 heteroatoms. The number of nitrogens with one attached hydrogen (secondary N) is 1. The van der Waals surface area contributed by atoms with Gasteiger partial charge in [-0.3, -0.25) is 14.6 Å². The number of H-pyrrole nitrogens is 1. The fourth-order valence-electron chi connectivity index (χ4n) is 3.79. The molecule has 0 radical (unpaired) electrons. The highest BCUT2D eigenvalue weighted by Gasteiger charge is 2.21. The van der Waals surface area contributed by atoms with E-state index in [-0.39, 0.29) is 5.56 Å². The molecule has 3 heterocycles. The standard InChI is InChI=1S/C23H26N4O3S/c1-16-19-21(28)24-18(25-22(19)31-20(16)23(29)30-2)15-27-13-11-26(12-14-27)10-6-9-17-7-4-3-5-8-17/h3-9H,10-15H2,1-2H3,(H,24,25,28)/b9-6+. The smallest absolute Gasteiger partial charge is 0.348 e. The molecule has 3 aromatic rings. The van der Waals surface area contributed by atoms with Gasteiger partial charge in [-0.25, -0.2) is 9.78 Å². The van der Waals surface area contributed by atoms with Gasteiger partial charge < -0.3 is 9.72 Å². The highest BCUT2D eigenvalue weighted by molar-refractivity contribution is 7.20. The molecule has 31 heavy (non-hydrogen) atoms. The third kappa shape index (κ3) is 4.92. The average molecular weight is 439 g/mol. The van der Waals surface area contributed by atoms with E-state index in [1.165, 1.54) is 24.0 Å². The second kappa shape index (κ2) is 9.55. The Labute approximate surface area is 185 Å². The lowest BCUT2D eigenvalue weighted by Gasteiger charge is -2.33. The van der Waals surface area contributed by atoms with Gasteiger partial charge in [-0.15, -0.1) is 11.3 Å². The highest BCUT2D eigenvalue weighted by Crippen LogP contribution is 2.27. The average Bonchev–Trinajstić information content (AvgIpc) is 3.12. The van der Waals surface area contributed by atoms with E-state index in [1.54, 1.807) is 6.92 Å². The van der Waals surface area contributed by atoms with Crippen molar-refractivity contribution in [1.82, 2.24) is 19.8 Å². The number of thiophene rings is 1. The summed E-state index contributed by atoms with van der Waals surface area (Å²) in [5, 5.41) is 0.476. The van der Waals surface area contributed by atoms with Crippen molar-refractivity contribution in [1.29, 1.82) is 0 Å². The first-order chi connectivity index (χ1) is 15.0. The lowest BCUT2D eigenvalue weighted by molar-refractivity contribution is 0.0605. The molecule has 0 atom stereocenters. The van der Waals surface area contributed by atoms with E-state index in [4.69, 9.17) is 4.74 Å². The van der Waals surface area contributed by atoms with Gasteiger partial charge in [-0.1, -0.05) is 42.5 Å². The number of hydrogen-bond donors (Lipinski definition) is 1. The lowest BCUT2D eigenvalue weighted by atomic mass is 10.2. The van der Waals surface area contributed by atoms with E-state index in [2.05, 4.69) is 44.1 Å². The van der Waals surface area contributed by atoms with Gasteiger partial charge >= 0.3 is 5.97 Å². The van der Waals surface area contributed by atoms with Crippen LogP contribution in [0.25, 0.3) is 16.3 Å².